The normalized spacial score (nSPS) is 10.8. The van der Waals surface area contributed by atoms with Crippen LogP contribution in [-0.4, -0.2) is 4.98 Å². The van der Waals surface area contributed by atoms with Gasteiger partial charge in [-0.15, -0.1) is 0 Å². The second kappa shape index (κ2) is 5.86. The Morgan fingerprint density at radius 2 is 1.90 bits per heavy atom. The van der Waals surface area contributed by atoms with Crippen LogP contribution in [0.3, 0.4) is 0 Å². The average Bonchev–Trinajstić information content (AvgIpc) is 2.49. The summed E-state index contributed by atoms with van der Waals surface area (Å²) in [6.45, 7) is 4.91. The van der Waals surface area contributed by atoms with Crippen LogP contribution in [0.5, 0.6) is 0 Å². The molecule has 0 fully saturated rings. The molecule has 0 saturated carbocycles. The van der Waals surface area contributed by atoms with Crippen molar-refractivity contribution in [1.29, 1.82) is 0 Å². The Morgan fingerprint density at radius 3 is 2.76 bits per heavy atom. The van der Waals surface area contributed by atoms with Gasteiger partial charge in [0.1, 0.15) is 0 Å². The molecule has 0 aliphatic carbocycles. The van der Waals surface area contributed by atoms with Crippen LogP contribution in [0.4, 0.5) is 5.69 Å². The molecule has 0 aliphatic rings. The number of hydrogen-bond acceptors (Lipinski definition) is 2. The van der Waals surface area contributed by atoms with Crippen molar-refractivity contribution in [2.45, 2.75) is 20.4 Å². The Balaban J connectivity index is 1.82. The van der Waals surface area contributed by atoms with Gasteiger partial charge in [0, 0.05) is 27.8 Å². The van der Waals surface area contributed by atoms with Crippen LogP contribution >= 0.6 is 15.9 Å². The molecule has 0 unspecified atom stereocenters. The first-order valence-corrected chi connectivity index (χ1v) is 7.78. The summed E-state index contributed by atoms with van der Waals surface area (Å²) in [7, 11) is 0. The number of rotatable bonds is 3. The van der Waals surface area contributed by atoms with Crippen LogP contribution in [0.2, 0.25) is 0 Å². The smallest absolute Gasteiger partial charge is 0.0705 e. The summed E-state index contributed by atoms with van der Waals surface area (Å²) in [6.07, 6.45) is 0. The third-order valence-electron chi connectivity index (χ3n) is 3.57. The van der Waals surface area contributed by atoms with E-state index in [0.29, 0.717) is 0 Å². The molecule has 106 valence electrons. The number of anilines is 1. The van der Waals surface area contributed by atoms with Crippen LogP contribution in [0.1, 0.15) is 16.8 Å². The Hall–Kier alpha value is -1.87. The standard InChI is InChI=1S/C18H17BrN2/c1-12-4-3-5-17(18(12)19)20-11-14-7-9-16-15(10-14)8-6-13(2)21-16/h3-10,20H,11H2,1-2H3. The molecule has 1 N–H and O–H groups in total. The lowest BCUT2D eigenvalue weighted by Crippen LogP contribution is -2.00. The second-order valence-corrected chi connectivity index (χ2v) is 6.06. The van der Waals surface area contributed by atoms with Crippen molar-refractivity contribution in [1.82, 2.24) is 4.98 Å². The number of halogens is 1. The zero-order valence-electron chi connectivity index (χ0n) is 12.2. The number of pyridine rings is 1. The van der Waals surface area contributed by atoms with E-state index in [2.05, 4.69) is 81.7 Å². The second-order valence-electron chi connectivity index (χ2n) is 5.27. The van der Waals surface area contributed by atoms with E-state index in [-0.39, 0.29) is 0 Å². The third kappa shape index (κ3) is 3.08. The topological polar surface area (TPSA) is 24.9 Å². The molecule has 0 saturated heterocycles. The van der Waals surface area contributed by atoms with Crippen molar-refractivity contribution in [2.24, 2.45) is 0 Å². The molecule has 3 heteroatoms. The number of aromatic nitrogens is 1. The molecule has 0 amide bonds. The SMILES string of the molecule is Cc1ccc2cc(CNc3cccc(C)c3Br)ccc2n1. The number of nitrogens with one attached hydrogen (secondary N) is 1. The number of aryl methyl sites for hydroxylation is 2. The van der Waals surface area contributed by atoms with Crippen LogP contribution < -0.4 is 5.32 Å². The molecular formula is C18H17BrN2. The molecule has 2 nitrogen and oxygen atoms in total. The zero-order valence-corrected chi connectivity index (χ0v) is 13.7. The van der Waals surface area contributed by atoms with E-state index < -0.39 is 0 Å². The summed E-state index contributed by atoms with van der Waals surface area (Å²) >= 11 is 3.63. The van der Waals surface area contributed by atoms with Crippen LogP contribution in [0, 0.1) is 13.8 Å². The Bertz CT molecular complexity index is 796. The summed E-state index contributed by atoms with van der Waals surface area (Å²) < 4.78 is 1.13. The monoisotopic (exact) mass is 340 g/mol. The van der Waals surface area contributed by atoms with E-state index in [4.69, 9.17) is 0 Å². The van der Waals surface area contributed by atoms with Crippen molar-refractivity contribution < 1.29 is 0 Å². The van der Waals surface area contributed by atoms with Crippen molar-refractivity contribution >= 4 is 32.5 Å². The van der Waals surface area contributed by atoms with Gasteiger partial charge in [0.05, 0.1) is 5.52 Å². The molecule has 0 atom stereocenters. The van der Waals surface area contributed by atoms with Gasteiger partial charge in [0.25, 0.3) is 0 Å². The molecule has 3 aromatic rings. The van der Waals surface area contributed by atoms with Crippen molar-refractivity contribution in [3.05, 3.63) is 69.8 Å². The van der Waals surface area contributed by atoms with E-state index >= 15 is 0 Å². The van der Waals surface area contributed by atoms with Gasteiger partial charge in [-0.25, -0.2) is 0 Å². The highest BCUT2D eigenvalue weighted by atomic mass is 79.9. The molecule has 21 heavy (non-hydrogen) atoms. The van der Waals surface area contributed by atoms with Gasteiger partial charge < -0.3 is 5.32 Å². The minimum Gasteiger partial charge on any atom is -0.380 e. The molecule has 0 aliphatic heterocycles. The molecule has 0 bridgehead atoms. The van der Waals surface area contributed by atoms with Crippen molar-refractivity contribution in [2.75, 3.05) is 5.32 Å². The van der Waals surface area contributed by atoms with E-state index in [1.165, 1.54) is 16.5 Å². The van der Waals surface area contributed by atoms with Gasteiger partial charge in [-0.1, -0.05) is 24.3 Å². The first-order chi connectivity index (χ1) is 10.1. The Morgan fingerprint density at radius 1 is 1.05 bits per heavy atom. The summed E-state index contributed by atoms with van der Waals surface area (Å²) in [5, 5.41) is 4.66. The minimum absolute atomic E-state index is 0.797. The molecule has 1 aromatic heterocycles. The van der Waals surface area contributed by atoms with E-state index in [1.54, 1.807) is 0 Å². The number of hydrogen-bond donors (Lipinski definition) is 1. The molecular weight excluding hydrogens is 324 g/mol. The minimum atomic E-state index is 0.797. The number of fused-ring (bicyclic) bond motifs is 1. The Kier molecular flexibility index (Phi) is 3.93. The van der Waals surface area contributed by atoms with E-state index in [1.807, 2.05) is 6.92 Å². The van der Waals surface area contributed by atoms with Gasteiger partial charge >= 0.3 is 0 Å². The number of benzene rings is 2. The van der Waals surface area contributed by atoms with Crippen molar-refractivity contribution in [3.8, 4) is 0 Å². The molecule has 3 rings (SSSR count). The molecule has 1 heterocycles. The predicted molar refractivity (Wildman–Crippen MR) is 92.7 cm³/mol. The Labute approximate surface area is 133 Å². The highest BCUT2D eigenvalue weighted by Crippen LogP contribution is 2.26. The van der Waals surface area contributed by atoms with Gasteiger partial charge in [-0.3, -0.25) is 4.98 Å². The summed E-state index contributed by atoms with van der Waals surface area (Å²) in [6, 6.07) is 16.8. The predicted octanol–water partition coefficient (Wildman–Crippen LogP) is 5.23. The average molecular weight is 341 g/mol. The van der Waals surface area contributed by atoms with Crippen LogP contribution in [-0.2, 0) is 6.54 Å². The first-order valence-electron chi connectivity index (χ1n) is 6.99. The lowest BCUT2D eigenvalue weighted by molar-refractivity contribution is 1.14. The van der Waals surface area contributed by atoms with Crippen LogP contribution in [0.25, 0.3) is 10.9 Å². The fraction of sp³-hybridized carbons (Fsp3) is 0.167. The lowest BCUT2D eigenvalue weighted by Gasteiger charge is -2.11. The maximum Gasteiger partial charge on any atom is 0.0705 e. The first kappa shape index (κ1) is 14.1. The highest BCUT2D eigenvalue weighted by molar-refractivity contribution is 9.10. The quantitative estimate of drug-likeness (QED) is 0.706. The van der Waals surface area contributed by atoms with Crippen molar-refractivity contribution in [3.63, 3.8) is 0 Å². The maximum absolute atomic E-state index is 4.53. The van der Waals surface area contributed by atoms with Gasteiger partial charge in [0.2, 0.25) is 0 Å². The highest BCUT2D eigenvalue weighted by Gasteiger charge is 2.03. The summed E-state index contributed by atoms with van der Waals surface area (Å²) in [5.74, 6) is 0. The molecule has 2 aromatic carbocycles. The summed E-state index contributed by atoms with van der Waals surface area (Å²) in [4.78, 5) is 4.53. The fourth-order valence-electron chi connectivity index (χ4n) is 2.37. The number of nitrogens with zero attached hydrogens (tertiary/aromatic N) is 1. The maximum atomic E-state index is 4.53. The van der Waals surface area contributed by atoms with Gasteiger partial charge in [-0.05, 0) is 65.2 Å². The van der Waals surface area contributed by atoms with Gasteiger partial charge in [0.15, 0.2) is 0 Å². The van der Waals surface area contributed by atoms with E-state index in [0.717, 1.165) is 27.9 Å². The zero-order chi connectivity index (χ0) is 14.8. The summed E-state index contributed by atoms with van der Waals surface area (Å²) in [5.41, 5.74) is 5.71. The third-order valence-corrected chi connectivity index (χ3v) is 4.62. The fourth-order valence-corrected chi connectivity index (χ4v) is 2.77. The largest absolute Gasteiger partial charge is 0.380 e. The lowest BCUT2D eigenvalue weighted by atomic mass is 10.1. The van der Waals surface area contributed by atoms with Gasteiger partial charge in [-0.2, -0.15) is 0 Å². The molecule has 0 spiro atoms. The molecule has 0 radical (unpaired) electrons. The van der Waals surface area contributed by atoms with Crippen LogP contribution in [0.15, 0.2) is 53.0 Å². The van der Waals surface area contributed by atoms with E-state index in [9.17, 15) is 0 Å².